The van der Waals surface area contributed by atoms with E-state index in [1.807, 2.05) is 0 Å². The van der Waals surface area contributed by atoms with Crippen molar-refractivity contribution < 1.29 is 0 Å². The molecule has 0 amide bonds. The molecule has 2 N–H and O–H groups in total. The predicted molar refractivity (Wildman–Crippen MR) is 47.1 cm³/mol. The second-order valence-corrected chi connectivity index (χ2v) is 5.12. The molecule has 3 aliphatic rings. The zero-order chi connectivity index (χ0) is 8.22. The Bertz CT molecular complexity index is 174. The van der Waals surface area contributed by atoms with Crippen LogP contribution in [-0.2, 0) is 0 Å². The first-order valence-corrected chi connectivity index (χ1v) is 4.79. The van der Waals surface area contributed by atoms with E-state index in [4.69, 9.17) is 5.73 Å². The summed E-state index contributed by atoms with van der Waals surface area (Å²) in [6.45, 7) is 7.15. The molecule has 2 bridgehead atoms. The van der Waals surface area contributed by atoms with Crippen molar-refractivity contribution in [2.24, 2.45) is 28.9 Å². The van der Waals surface area contributed by atoms with Crippen LogP contribution in [0.5, 0.6) is 0 Å². The average Bonchev–Trinajstić information content (AvgIpc) is 1.93. The summed E-state index contributed by atoms with van der Waals surface area (Å²) in [7, 11) is 0. The highest BCUT2D eigenvalue weighted by atomic mass is 14.7. The molecular weight excluding hydrogens is 134 g/mol. The molecule has 64 valence electrons. The zero-order valence-corrected chi connectivity index (χ0v) is 7.80. The van der Waals surface area contributed by atoms with Crippen LogP contribution in [0.15, 0.2) is 0 Å². The summed E-state index contributed by atoms with van der Waals surface area (Å²) in [5, 5.41) is 0. The van der Waals surface area contributed by atoms with E-state index in [0.29, 0.717) is 11.5 Å². The molecule has 1 nitrogen and oxygen atoms in total. The van der Waals surface area contributed by atoms with Crippen molar-refractivity contribution in [1.29, 1.82) is 0 Å². The van der Waals surface area contributed by atoms with Gasteiger partial charge in [-0.3, -0.25) is 0 Å². The molecule has 0 aromatic carbocycles. The maximum Gasteiger partial charge on any atom is 0.00702 e. The number of rotatable bonds is 0. The first kappa shape index (κ1) is 7.60. The van der Waals surface area contributed by atoms with Gasteiger partial charge in [-0.05, 0) is 36.0 Å². The Balaban J connectivity index is 2.17. The summed E-state index contributed by atoms with van der Waals surface area (Å²) >= 11 is 0. The molecule has 3 rings (SSSR count). The third kappa shape index (κ3) is 0.807. The topological polar surface area (TPSA) is 26.0 Å². The molecule has 3 aliphatic carbocycles. The van der Waals surface area contributed by atoms with Gasteiger partial charge >= 0.3 is 0 Å². The first-order valence-electron chi connectivity index (χ1n) is 4.79. The van der Waals surface area contributed by atoms with Crippen LogP contribution >= 0.6 is 0 Å². The van der Waals surface area contributed by atoms with E-state index in [9.17, 15) is 0 Å². The summed E-state index contributed by atoms with van der Waals surface area (Å²) in [6, 6.07) is 0.492. The molecule has 3 fully saturated rings. The lowest BCUT2D eigenvalue weighted by atomic mass is 9.45. The van der Waals surface area contributed by atoms with Crippen LogP contribution in [0.2, 0.25) is 0 Å². The van der Waals surface area contributed by atoms with Crippen LogP contribution in [0.1, 0.15) is 33.6 Å². The average molecular weight is 153 g/mol. The van der Waals surface area contributed by atoms with Gasteiger partial charge in [0.05, 0.1) is 0 Å². The van der Waals surface area contributed by atoms with Crippen molar-refractivity contribution in [3.8, 4) is 0 Å². The van der Waals surface area contributed by atoms with E-state index in [1.54, 1.807) is 0 Å². The number of hydrogen-bond donors (Lipinski definition) is 1. The fourth-order valence-corrected chi connectivity index (χ4v) is 3.19. The molecule has 0 heterocycles. The van der Waals surface area contributed by atoms with Gasteiger partial charge < -0.3 is 5.73 Å². The van der Waals surface area contributed by atoms with Gasteiger partial charge in [0.15, 0.2) is 0 Å². The van der Waals surface area contributed by atoms with Crippen LogP contribution in [0.25, 0.3) is 0 Å². The summed E-state index contributed by atoms with van der Waals surface area (Å²) in [5.41, 5.74) is 6.63. The van der Waals surface area contributed by atoms with Crippen molar-refractivity contribution in [1.82, 2.24) is 0 Å². The fourth-order valence-electron chi connectivity index (χ4n) is 3.19. The van der Waals surface area contributed by atoms with Crippen LogP contribution in [0, 0.1) is 23.2 Å². The lowest BCUT2D eigenvalue weighted by molar-refractivity contribution is -0.108. The molecule has 11 heavy (non-hydrogen) atoms. The maximum absolute atomic E-state index is 6.02. The SMILES string of the molecule is C[C@H]1[C@@H](N)C[C@@H]2C[C@@H]1C2(C)C. The molecule has 1 heteroatoms. The molecule has 0 spiro atoms. The van der Waals surface area contributed by atoms with Gasteiger partial charge in [0.25, 0.3) is 0 Å². The van der Waals surface area contributed by atoms with E-state index < -0.39 is 0 Å². The van der Waals surface area contributed by atoms with E-state index in [1.165, 1.54) is 12.8 Å². The van der Waals surface area contributed by atoms with Gasteiger partial charge in [0.2, 0.25) is 0 Å². The summed E-state index contributed by atoms with van der Waals surface area (Å²) in [5.74, 6) is 2.60. The highest BCUT2D eigenvalue weighted by Crippen LogP contribution is 2.60. The molecular formula is C10H19N. The maximum atomic E-state index is 6.02. The number of nitrogens with two attached hydrogens (primary N) is 1. The Hall–Kier alpha value is -0.0400. The highest BCUT2D eigenvalue weighted by molar-refractivity contribution is 5.06. The Kier molecular flexibility index (Phi) is 1.39. The van der Waals surface area contributed by atoms with Gasteiger partial charge in [0, 0.05) is 6.04 Å². The van der Waals surface area contributed by atoms with Gasteiger partial charge in [-0.25, -0.2) is 0 Å². The van der Waals surface area contributed by atoms with Crippen molar-refractivity contribution >= 4 is 0 Å². The van der Waals surface area contributed by atoms with Crippen LogP contribution < -0.4 is 5.73 Å². The Morgan fingerprint density at radius 1 is 1.27 bits per heavy atom. The van der Waals surface area contributed by atoms with Crippen LogP contribution in [-0.4, -0.2) is 6.04 Å². The fraction of sp³-hybridized carbons (Fsp3) is 1.00. The van der Waals surface area contributed by atoms with Crippen molar-refractivity contribution in [2.45, 2.75) is 39.7 Å². The summed E-state index contributed by atoms with van der Waals surface area (Å²) in [6.07, 6.45) is 2.71. The van der Waals surface area contributed by atoms with Gasteiger partial charge in [-0.2, -0.15) is 0 Å². The van der Waals surface area contributed by atoms with E-state index >= 15 is 0 Å². The number of hydrogen-bond acceptors (Lipinski definition) is 1. The Labute approximate surface area is 69.4 Å². The monoisotopic (exact) mass is 153 g/mol. The lowest BCUT2D eigenvalue weighted by Gasteiger charge is -2.61. The van der Waals surface area contributed by atoms with Gasteiger partial charge in [-0.15, -0.1) is 0 Å². The normalized spacial score (nSPS) is 53.5. The smallest absolute Gasteiger partial charge is 0.00702 e. The standard InChI is InChI=1S/C10H19N/c1-6-8-4-7(5-9(6)11)10(8,2)3/h6-9H,4-5,11H2,1-3H3/t6-,7+,8+,9+/m1/s1. The van der Waals surface area contributed by atoms with Crippen LogP contribution in [0.4, 0.5) is 0 Å². The molecule has 4 atom stereocenters. The third-order valence-electron chi connectivity index (χ3n) is 4.41. The summed E-state index contributed by atoms with van der Waals surface area (Å²) < 4.78 is 0. The van der Waals surface area contributed by atoms with Crippen molar-refractivity contribution in [3.63, 3.8) is 0 Å². The van der Waals surface area contributed by atoms with E-state index in [-0.39, 0.29) is 0 Å². The zero-order valence-electron chi connectivity index (χ0n) is 7.80. The molecule has 0 aromatic rings. The highest BCUT2D eigenvalue weighted by Gasteiger charge is 2.55. The molecule has 3 saturated carbocycles. The van der Waals surface area contributed by atoms with Gasteiger partial charge in [0.1, 0.15) is 0 Å². The predicted octanol–water partition coefficient (Wildman–Crippen LogP) is 2.02. The summed E-state index contributed by atoms with van der Waals surface area (Å²) in [4.78, 5) is 0. The largest absolute Gasteiger partial charge is 0.327 e. The second-order valence-electron chi connectivity index (χ2n) is 5.12. The quantitative estimate of drug-likeness (QED) is 0.566. The third-order valence-corrected chi connectivity index (χ3v) is 4.41. The molecule has 0 unspecified atom stereocenters. The molecule has 0 aliphatic heterocycles. The van der Waals surface area contributed by atoms with E-state index in [0.717, 1.165) is 17.8 Å². The van der Waals surface area contributed by atoms with Crippen molar-refractivity contribution in [3.05, 3.63) is 0 Å². The molecule has 0 aromatic heterocycles. The van der Waals surface area contributed by atoms with E-state index in [2.05, 4.69) is 20.8 Å². The van der Waals surface area contributed by atoms with Gasteiger partial charge in [-0.1, -0.05) is 20.8 Å². The number of fused-ring (bicyclic) bond motifs is 2. The van der Waals surface area contributed by atoms with Crippen LogP contribution in [0.3, 0.4) is 0 Å². The minimum Gasteiger partial charge on any atom is -0.327 e. The lowest BCUT2D eigenvalue weighted by Crippen LogP contribution is -2.58. The second kappa shape index (κ2) is 2.01. The first-order chi connectivity index (χ1) is 5.03. The minimum absolute atomic E-state index is 0.492. The Morgan fingerprint density at radius 2 is 1.91 bits per heavy atom. The molecule has 0 radical (unpaired) electrons. The molecule has 0 saturated heterocycles. The van der Waals surface area contributed by atoms with Crippen molar-refractivity contribution in [2.75, 3.05) is 0 Å². The Morgan fingerprint density at radius 3 is 2.27 bits per heavy atom. The minimum atomic E-state index is 0.492.